The van der Waals surface area contributed by atoms with Gasteiger partial charge in [0.1, 0.15) is 5.82 Å². The lowest BCUT2D eigenvalue weighted by molar-refractivity contribution is 0.0763. The summed E-state index contributed by atoms with van der Waals surface area (Å²) in [4.78, 5) is 22.5. The fraction of sp³-hybridized carbons (Fsp3) is 0.471. The Morgan fingerprint density at radius 3 is 2.56 bits per heavy atom. The van der Waals surface area contributed by atoms with Gasteiger partial charge in [0, 0.05) is 51.7 Å². The van der Waals surface area contributed by atoms with Crippen molar-refractivity contribution < 1.29 is 17.9 Å². The highest BCUT2D eigenvalue weighted by Gasteiger charge is 2.30. The number of hydrogen-bond acceptors (Lipinski definition) is 6. The fourth-order valence-corrected chi connectivity index (χ4v) is 4.42. The highest BCUT2D eigenvalue weighted by Crippen LogP contribution is 2.18. The van der Waals surface area contributed by atoms with Gasteiger partial charge in [-0.05, 0) is 19.4 Å². The summed E-state index contributed by atoms with van der Waals surface area (Å²) in [6.07, 6.45) is 3.54. The molecule has 3 heterocycles. The third-order valence-corrected chi connectivity index (χ3v) is 6.40. The van der Waals surface area contributed by atoms with Crippen LogP contribution in [0.4, 0.5) is 0 Å². The van der Waals surface area contributed by atoms with E-state index in [0.29, 0.717) is 43.3 Å². The Hall–Kier alpha value is -2.46. The number of methoxy groups -OCH3 is 1. The number of amides is 1. The Kier molecular flexibility index (Phi) is 5.47. The number of hydrogen-bond donors (Lipinski definition) is 0. The fourth-order valence-electron chi connectivity index (χ4n) is 2.93. The first-order valence-electron chi connectivity index (χ1n) is 8.62. The summed E-state index contributed by atoms with van der Waals surface area (Å²) in [5.41, 5.74) is 0.451. The number of rotatable bonds is 4. The predicted molar refractivity (Wildman–Crippen MR) is 98.0 cm³/mol. The maximum Gasteiger partial charge on any atom is 0.262 e. The van der Waals surface area contributed by atoms with Crippen LogP contribution in [-0.2, 0) is 17.1 Å². The number of aromatic nitrogens is 3. The van der Waals surface area contributed by atoms with Gasteiger partial charge in [-0.1, -0.05) is 0 Å². The number of aryl methyl sites for hydroxylation is 2. The second kappa shape index (κ2) is 7.65. The number of sulfonamides is 1. The zero-order valence-electron chi connectivity index (χ0n) is 15.6. The molecule has 0 radical (unpaired) electrons. The van der Waals surface area contributed by atoms with E-state index in [-0.39, 0.29) is 17.5 Å². The van der Waals surface area contributed by atoms with E-state index >= 15 is 0 Å². The maximum absolute atomic E-state index is 12.8. The van der Waals surface area contributed by atoms with E-state index in [1.54, 1.807) is 35.6 Å². The lowest BCUT2D eigenvalue weighted by Crippen LogP contribution is -2.37. The smallest absolute Gasteiger partial charge is 0.262 e. The van der Waals surface area contributed by atoms with Crippen molar-refractivity contribution in [2.75, 3.05) is 33.3 Å². The van der Waals surface area contributed by atoms with Crippen LogP contribution in [0, 0.1) is 6.92 Å². The number of pyridine rings is 1. The summed E-state index contributed by atoms with van der Waals surface area (Å²) in [5.74, 6) is 0.899. The zero-order chi connectivity index (χ0) is 19.6. The molecule has 0 unspecified atom stereocenters. The van der Waals surface area contributed by atoms with Crippen LogP contribution in [-0.4, -0.2) is 71.4 Å². The van der Waals surface area contributed by atoms with Crippen LogP contribution >= 0.6 is 0 Å². The molecule has 1 aliphatic heterocycles. The molecule has 0 atom stereocenters. The van der Waals surface area contributed by atoms with Gasteiger partial charge in [-0.15, -0.1) is 0 Å². The van der Waals surface area contributed by atoms with Crippen molar-refractivity contribution in [3.05, 3.63) is 35.9 Å². The Balaban J connectivity index is 1.72. The molecule has 2 aromatic rings. The standard InChI is InChI=1S/C17H23N5O4S/c1-13-19-16(12-20(13)2)27(24,25)22-8-4-7-21(9-10-22)17(23)14-5-6-15(26-3)18-11-14/h5-6,11-12H,4,7-10H2,1-3H3. The first-order chi connectivity index (χ1) is 12.8. The quantitative estimate of drug-likeness (QED) is 0.757. The van der Waals surface area contributed by atoms with Crippen molar-refractivity contribution in [2.24, 2.45) is 7.05 Å². The van der Waals surface area contributed by atoms with Crippen LogP contribution in [0.25, 0.3) is 0 Å². The third kappa shape index (κ3) is 3.96. The van der Waals surface area contributed by atoms with Gasteiger partial charge >= 0.3 is 0 Å². The molecular weight excluding hydrogens is 370 g/mol. The summed E-state index contributed by atoms with van der Waals surface area (Å²) in [6.45, 7) is 3.13. The van der Waals surface area contributed by atoms with Crippen LogP contribution in [0.1, 0.15) is 22.6 Å². The van der Waals surface area contributed by atoms with Crippen molar-refractivity contribution in [2.45, 2.75) is 18.4 Å². The second-order valence-corrected chi connectivity index (χ2v) is 8.26. The van der Waals surface area contributed by atoms with Gasteiger partial charge in [-0.25, -0.2) is 18.4 Å². The van der Waals surface area contributed by atoms with E-state index in [0.717, 1.165) is 0 Å². The highest BCUT2D eigenvalue weighted by atomic mass is 32.2. The van der Waals surface area contributed by atoms with Gasteiger partial charge in [-0.2, -0.15) is 4.31 Å². The van der Waals surface area contributed by atoms with Gasteiger partial charge < -0.3 is 14.2 Å². The summed E-state index contributed by atoms with van der Waals surface area (Å²) >= 11 is 0. The molecule has 3 rings (SSSR count). The summed E-state index contributed by atoms with van der Waals surface area (Å²) in [5, 5.41) is 0.0432. The SMILES string of the molecule is COc1ccc(C(=O)N2CCCN(S(=O)(=O)c3cn(C)c(C)n3)CC2)cn1. The van der Waals surface area contributed by atoms with E-state index in [1.807, 2.05) is 0 Å². The monoisotopic (exact) mass is 393 g/mol. The highest BCUT2D eigenvalue weighted by molar-refractivity contribution is 7.89. The third-order valence-electron chi connectivity index (χ3n) is 4.63. The molecule has 0 saturated carbocycles. The molecule has 0 spiro atoms. The van der Waals surface area contributed by atoms with Crippen molar-refractivity contribution in [3.8, 4) is 5.88 Å². The van der Waals surface area contributed by atoms with Crippen molar-refractivity contribution in [1.82, 2.24) is 23.7 Å². The van der Waals surface area contributed by atoms with E-state index < -0.39 is 10.0 Å². The number of carbonyl (C=O) groups is 1. The number of ether oxygens (including phenoxy) is 1. The van der Waals surface area contributed by atoms with Crippen LogP contribution in [0.2, 0.25) is 0 Å². The van der Waals surface area contributed by atoms with E-state index in [4.69, 9.17) is 4.74 Å². The molecule has 146 valence electrons. The Morgan fingerprint density at radius 2 is 1.96 bits per heavy atom. The molecule has 0 bridgehead atoms. The van der Waals surface area contributed by atoms with Gasteiger partial charge in [0.25, 0.3) is 15.9 Å². The van der Waals surface area contributed by atoms with Gasteiger partial charge in [0.05, 0.1) is 12.7 Å². The molecule has 1 saturated heterocycles. The molecule has 1 fully saturated rings. The molecular formula is C17H23N5O4S. The minimum atomic E-state index is -3.68. The minimum Gasteiger partial charge on any atom is -0.481 e. The average Bonchev–Trinajstić information content (AvgIpc) is 2.88. The molecule has 0 aliphatic carbocycles. The van der Waals surface area contributed by atoms with E-state index in [9.17, 15) is 13.2 Å². The van der Waals surface area contributed by atoms with Gasteiger partial charge in [0.15, 0.2) is 5.03 Å². The Bertz CT molecular complexity index is 904. The Morgan fingerprint density at radius 1 is 1.19 bits per heavy atom. The van der Waals surface area contributed by atoms with Gasteiger partial charge in [0.2, 0.25) is 5.88 Å². The van der Waals surface area contributed by atoms with Crippen molar-refractivity contribution in [3.63, 3.8) is 0 Å². The van der Waals surface area contributed by atoms with E-state index in [1.165, 1.54) is 23.8 Å². The molecule has 1 aliphatic rings. The first kappa shape index (κ1) is 19.3. The molecule has 9 nitrogen and oxygen atoms in total. The van der Waals surface area contributed by atoms with Crippen LogP contribution in [0.15, 0.2) is 29.6 Å². The predicted octanol–water partition coefficient (Wildman–Crippen LogP) is 0.669. The molecule has 0 aromatic carbocycles. The molecule has 27 heavy (non-hydrogen) atoms. The average molecular weight is 393 g/mol. The lowest BCUT2D eigenvalue weighted by atomic mass is 10.2. The molecule has 1 amide bonds. The largest absolute Gasteiger partial charge is 0.481 e. The zero-order valence-corrected chi connectivity index (χ0v) is 16.4. The van der Waals surface area contributed by atoms with Crippen LogP contribution in [0.3, 0.4) is 0 Å². The number of imidazole rings is 1. The first-order valence-corrected chi connectivity index (χ1v) is 10.1. The topological polar surface area (TPSA) is 97.6 Å². The van der Waals surface area contributed by atoms with Gasteiger partial charge in [-0.3, -0.25) is 4.79 Å². The summed E-state index contributed by atoms with van der Waals surface area (Å²) in [7, 11) is -0.408. The van der Waals surface area contributed by atoms with E-state index in [2.05, 4.69) is 9.97 Å². The molecule has 0 N–H and O–H groups in total. The normalized spacial score (nSPS) is 16.2. The minimum absolute atomic E-state index is 0.0432. The second-order valence-electron chi connectivity index (χ2n) is 6.38. The van der Waals surface area contributed by atoms with Crippen LogP contribution in [0.5, 0.6) is 5.88 Å². The Labute approximate surface area is 158 Å². The maximum atomic E-state index is 12.8. The molecule has 10 heteroatoms. The van der Waals surface area contributed by atoms with Crippen molar-refractivity contribution >= 4 is 15.9 Å². The number of nitrogens with zero attached hydrogens (tertiary/aromatic N) is 5. The number of carbonyl (C=O) groups excluding carboxylic acids is 1. The molecule has 2 aromatic heterocycles. The summed E-state index contributed by atoms with van der Waals surface area (Å²) < 4.78 is 33.8. The van der Waals surface area contributed by atoms with Crippen molar-refractivity contribution in [1.29, 1.82) is 0 Å². The summed E-state index contributed by atoms with van der Waals surface area (Å²) in [6, 6.07) is 3.29. The lowest BCUT2D eigenvalue weighted by Gasteiger charge is -2.21. The van der Waals surface area contributed by atoms with Crippen LogP contribution < -0.4 is 4.74 Å².